The molecule has 0 aliphatic rings. The molecule has 0 fully saturated rings. The zero-order valence-corrected chi connectivity index (χ0v) is 12.1. The number of carbonyl (C=O) groups is 1. The Morgan fingerprint density at radius 3 is 2.55 bits per heavy atom. The number of furan rings is 1. The third kappa shape index (κ3) is 3.59. The van der Waals surface area contributed by atoms with Gasteiger partial charge in [0, 0.05) is 13.0 Å². The Bertz CT molecular complexity index is 640. The third-order valence-corrected chi connectivity index (χ3v) is 4.31. The van der Waals surface area contributed by atoms with Crippen molar-refractivity contribution in [1.82, 2.24) is 4.72 Å². The molecule has 0 atom stereocenters. The van der Waals surface area contributed by atoms with Crippen LogP contribution in [0.15, 0.2) is 9.31 Å². The zero-order valence-electron chi connectivity index (χ0n) is 11.3. The van der Waals surface area contributed by atoms with Crippen LogP contribution in [0.4, 0.5) is 0 Å². The number of rotatable bonds is 7. The van der Waals surface area contributed by atoms with Gasteiger partial charge in [-0.3, -0.25) is 0 Å². The molecule has 1 rings (SSSR count). The first-order valence-electron chi connectivity index (χ1n) is 6.01. The largest absolute Gasteiger partial charge is 0.478 e. The standard InChI is InChI=1S/C12H16N2O5S/c1-8-10(12(15)16)11(9(2)19-8)20(17,18)14-7-5-3-4-6-13/h14H,3-5,7H2,1-2H3,(H,15,16). The van der Waals surface area contributed by atoms with E-state index in [1.54, 1.807) is 0 Å². The molecule has 0 amide bonds. The van der Waals surface area contributed by atoms with E-state index in [2.05, 4.69) is 4.72 Å². The highest BCUT2D eigenvalue weighted by Gasteiger charge is 2.30. The van der Waals surface area contributed by atoms with Crippen LogP contribution in [0.25, 0.3) is 0 Å². The minimum Gasteiger partial charge on any atom is -0.478 e. The summed E-state index contributed by atoms with van der Waals surface area (Å²) in [4.78, 5) is 10.8. The molecule has 7 nitrogen and oxygen atoms in total. The second-order valence-electron chi connectivity index (χ2n) is 4.24. The van der Waals surface area contributed by atoms with Crippen LogP contribution in [0.1, 0.15) is 41.1 Å². The molecule has 0 aliphatic heterocycles. The topological polar surface area (TPSA) is 120 Å². The van der Waals surface area contributed by atoms with Gasteiger partial charge >= 0.3 is 5.97 Å². The average Bonchev–Trinajstić information content (AvgIpc) is 2.64. The number of nitrogens with zero attached hydrogens (tertiary/aromatic N) is 1. The number of nitrogens with one attached hydrogen (secondary N) is 1. The van der Waals surface area contributed by atoms with Gasteiger partial charge in [-0.2, -0.15) is 5.26 Å². The fourth-order valence-electron chi connectivity index (χ4n) is 1.84. The first-order valence-corrected chi connectivity index (χ1v) is 7.49. The molecule has 1 aromatic heterocycles. The van der Waals surface area contributed by atoms with Gasteiger partial charge in [-0.1, -0.05) is 0 Å². The van der Waals surface area contributed by atoms with Crippen molar-refractivity contribution in [1.29, 1.82) is 5.26 Å². The molecule has 1 heterocycles. The summed E-state index contributed by atoms with van der Waals surface area (Å²) in [6.07, 6.45) is 1.44. The van der Waals surface area contributed by atoms with Crippen LogP contribution in [0.5, 0.6) is 0 Å². The molecule has 8 heteroatoms. The summed E-state index contributed by atoms with van der Waals surface area (Å²) in [6, 6.07) is 1.96. The summed E-state index contributed by atoms with van der Waals surface area (Å²) in [5, 5.41) is 17.5. The number of nitriles is 1. The summed E-state index contributed by atoms with van der Waals surface area (Å²) < 4.78 is 31.7. The van der Waals surface area contributed by atoms with Gasteiger partial charge in [0.15, 0.2) is 0 Å². The second-order valence-corrected chi connectivity index (χ2v) is 5.94. The molecular formula is C12H16N2O5S. The Labute approximate surface area is 117 Å². The number of carboxylic acids is 1. The van der Waals surface area contributed by atoms with Crippen molar-refractivity contribution < 1.29 is 22.7 Å². The van der Waals surface area contributed by atoms with E-state index in [0.717, 1.165) is 0 Å². The van der Waals surface area contributed by atoms with E-state index in [0.29, 0.717) is 19.3 Å². The normalized spacial score (nSPS) is 11.2. The summed E-state index contributed by atoms with van der Waals surface area (Å²) in [7, 11) is -3.94. The number of sulfonamides is 1. The monoisotopic (exact) mass is 300 g/mol. The number of hydrogen-bond acceptors (Lipinski definition) is 5. The predicted octanol–water partition coefficient (Wildman–Crippen LogP) is 1.57. The molecule has 0 radical (unpaired) electrons. The second kappa shape index (κ2) is 6.54. The molecule has 2 N–H and O–H groups in total. The summed E-state index contributed by atoms with van der Waals surface area (Å²) in [6.45, 7) is 2.96. The van der Waals surface area contributed by atoms with E-state index < -0.39 is 16.0 Å². The fraction of sp³-hybridized carbons (Fsp3) is 0.500. The van der Waals surface area contributed by atoms with Crippen LogP contribution >= 0.6 is 0 Å². The van der Waals surface area contributed by atoms with Gasteiger partial charge in [0.1, 0.15) is 22.0 Å². The Hall–Kier alpha value is -1.85. The highest BCUT2D eigenvalue weighted by Crippen LogP contribution is 2.26. The molecule has 0 aromatic carbocycles. The molecule has 20 heavy (non-hydrogen) atoms. The first kappa shape index (κ1) is 16.2. The maximum Gasteiger partial charge on any atom is 0.340 e. The maximum atomic E-state index is 12.1. The highest BCUT2D eigenvalue weighted by molar-refractivity contribution is 7.89. The van der Waals surface area contributed by atoms with Gasteiger partial charge in [0.05, 0.1) is 6.07 Å². The Morgan fingerprint density at radius 2 is 2.00 bits per heavy atom. The predicted molar refractivity (Wildman–Crippen MR) is 69.8 cm³/mol. The Kier molecular flexibility index (Phi) is 5.30. The molecule has 0 bridgehead atoms. The number of aromatic carboxylic acids is 1. The van der Waals surface area contributed by atoms with E-state index in [1.807, 2.05) is 6.07 Å². The smallest absolute Gasteiger partial charge is 0.340 e. The van der Waals surface area contributed by atoms with Crippen molar-refractivity contribution in [2.45, 2.75) is 38.0 Å². The van der Waals surface area contributed by atoms with Crippen molar-refractivity contribution in [3.8, 4) is 6.07 Å². The van der Waals surface area contributed by atoms with Crippen LogP contribution in [-0.2, 0) is 10.0 Å². The fourth-order valence-corrected chi connectivity index (χ4v) is 3.32. The molecule has 0 saturated carbocycles. The summed E-state index contributed by atoms with van der Waals surface area (Å²) in [5.41, 5.74) is -0.341. The zero-order chi connectivity index (χ0) is 15.3. The number of hydrogen-bond donors (Lipinski definition) is 2. The number of carboxylic acid groups (broad SMARTS) is 1. The summed E-state index contributed by atoms with van der Waals surface area (Å²) >= 11 is 0. The number of aryl methyl sites for hydroxylation is 2. The lowest BCUT2D eigenvalue weighted by Crippen LogP contribution is -2.26. The van der Waals surface area contributed by atoms with E-state index in [1.165, 1.54) is 13.8 Å². The van der Waals surface area contributed by atoms with Crippen LogP contribution in [-0.4, -0.2) is 26.0 Å². The lowest BCUT2D eigenvalue weighted by molar-refractivity contribution is 0.0691. The van der Waals surface area contributed by atoms with Crippen molar-refractivity contribution >= 4 is 16.0 Å². The van der Waals surface area contributed by atoms with Crippen molar-refractivity contribution in [3.05, 3.63) is 17.1 Å². The lowest BCUT2D eigenvalue weighted by Gasteiger charge is -2.06. The van der Waals surface area contributed by atoms with Gasteiger partial charge in [-0.15, -0.1) is 0 Å². The van der Waals surface area contributed by atoms with Gasteiger partial charge in [-0.25, -0.2) is 17.9 Å². The SMILES string of the molecule is Cc1oc(C)c(S(=O)(=O)NCCCCC#N)c1C(=O)O. The van der Waals surface area contributed by atoms with Crippen LogP contribution in [0, 0.1) is 25.2 Å². The van der Waals surface area contributed by atoms with Crippen LogP contribution in [0.2, 0.25) is 0 Å². The Balaban J connectivity index is 2.94. The highest BCUT2D eigenvalue weighted by atomic mass is 32.2. The van der Waals surface area contributed by atoms with Crippen molar-refractivity contribution in [2.75, 3.05) is 6.54 Å². The van der Waals surface area contributed by atoms with Gasteiger partial charge in [0.2, 0.25) is 10.0 Å². The molecule has 110 valence electrons. The minimum atomic E-state index is -3.94. The summed E-state index contributed by atoms with van der Waals surface area (Å²) in [5.74, 6) is -1.24. The van der Waals surface area contributed by atoms with E-state index >= 15 is 0 Å². The maximum absolute atomic E-state index is 12.1. The van der Waals surface area contributed by atoms with Crippen LogP contribution < -0.4 is 4.72 Å². The molecule has 0 spiro atoms. The van der Waals surface area contributed by atoms with Crippen LogP contribution in [0.3, 0.4) is 0 Å². The van der Waals surface area contributed by atoms with Gasteiger partial charge in [-0.05, 0) is 26.7 Å². The quantitative estimate of drug-likeness (QED) is 0.737. The third-order valence-electron chi connectivity index (χ3n) is 2.70. The Morgan fingerprint density at radius 1 is 1.35 bits per heavy atom. The van der Waals surface area contributed by atoms with E-state index in [-0.39, 0.29) is 28.5 Å². The minimum absolute atomic E-state index is 0.0458. The van der Waals surface area contributed by atoms with Crippen molar-refractivity contribution in [3.63, 3.8) is 0 Å². The van der Waals surface area contributed by atoms with Crippen molar-refractivity contribution in [2.24, 2.45) is 0 Å². The average molecular weight is 300 g/mol. The molecule has 0 saturated heterocycles. The molecule has 0 aliphatic carbocycles. The van der Waals surface area contributed by atoms with Gasteiger partial charge in [0.25, 0.3) is 0 Å². The molecule has 0 unspecified atom stereocenters. The number of unbranched alkanes of at least 4 members (excludes halogenated alkanes) is 2. The van der Waals surface area contributed by atoms with E-state index in [4.69, 9.17) is 14.8 Å². The van der Waals surface area contributed by atoms with E-state index in [9.17, 15) is 13.2 Å². The first-order chi connectivity index (χ1) is 9.31. The molecular weight excluding hydrogens is 284 g/mol. The lowest BCUT2D eigenvalue weighted by atomic mass is 10.2. The molecule has 1 aromatic rings. The van der Waals surface area contributed by atoms with Gasteiger partial charge < -0.3 is 9.52 Å².